The van der Waals surface area contributed by atoms with Crippen LogP contribution in [0.25, 0.3) is 0 Å². The number of hydrogen-bond donors (Lipinski definition) is 2. The largest absolute Gasteiger partial charge is 0.324 e. The van der Waals surface area contributed by atoms with Crippen LogP contribution in [0, 0.1) is 11.8 Å². The maximum absolute atomic E-state index is 11.4. The van der Waals surface area contributed by atoms with Crippen molar-refractivity contribution < 1.29 is 9.63 Å². The highest BCUT2D eigenvalue weighted by Gasteiger charge is 2.22. The number of carbonyl (C=O) groups excluding carboxylic acids is 1. The Hall–Kier alpha value is -0.870. The van der Waals surface area contributed by atoms with Crippen molar-refractivity contribution in [2.45, 2.75) is 26.3 Å². The maximum atomic E-state index is 11.4. The van der Waals surface area contributed by atoms with E-state index in [0.29, 0.717) is 18.9 Å². The second-order valence-electron chi connectivity index (χ2n) is 4.06. The summed E-state index contributed by atoms with van der Waals surface area (Å²) in [6.45, 7) is 4.59. The van der Waals surface area contributed by atoms with E-state index >= 15 is 0 Å². The maximum Gasteiger partial charge on any atom is 0.250 e. The van der Waals surface area contributed by atoms with Gasteiger partial charge in [-0.05, 0) is 12.3 Å². The third kappa shape index (κ3) is 3.47. The van der Waals surface area contributed by atoms with Crippen LogP contribution in [-0.4, -0.2) is 18.6 Å². The fourth-order valence-corrected chi connectivity index (χ4v) is 1.28. The van der Waals surface area contributed by atoms with Crippen molar-refractivity contribution in [3.05, 3.63) is 12.2 Å². The Labute approximate surface area is 84.4 Å². The SMILES string of the molecule is CC(C)CONC(=O)C1C=CC(N)C1. The molecule has 4 nitrogen and oxygen atoms in total. The number of hydroxylamine groups is 1. The molecule has 0 bridgehead atoms. The van der Waals surface area contributed by atoms with Crippen LogP contribution in [0.1, 0.15) is 20.3 Å². The molecule has 3 N–H and O–H groups in total. The van der Waals surface area contributed by atoms with Gasteiger partial charge in [-0.2, -0.15) is 0 Å². The van der Waals surface area contributed by atoms with Crippen molar-refractivity contribution >= 4 is 5.91 Å². The first-order chi connectivity index (χ1) is 6.59. The number of rotatable bonds is 4. The number of carbonyl (C=O) groups is 1. The molecule has 0 aromatic rings. The minimum Gasteiger partial charge on any atom is -0.324 e. The molecule has 0 aromatic carbocycles. The standard InChI is InChI=1S/C10H18N2O2/c1-7(2)6-14-12-10(13)8-3-4-9(11)5-8/h3-4,7-9H,5-6,11H2,1-2H3,(H,12,13). The van der Waals surface area contributed by atoms with E-state index in [1.165, 1.54) is 0 Å². The van der Waals surface area contributed by atoms with Gasteiger partial charge in [-0.1, -0.05) is 26.0 Å². The lowest BCUT2D eigenvalue weighted by Crippen LogP contribution is -2.31. The summed E-state index contributed by atoms with van der Waals surface area (Å²) in [6, 6.07) is 0.0100. The molecule has 4 heteroatoms. The molecule has 0 fully saturated rings. The molecule has 0 saturated heterocycles. The van der Waals surface area contributed by atoms with Gasteiger partial charge in [0.2, 0.25) is 0 Å². The Morgan fingerprint density at radius 1 is 1.64 bits per heavy atom. The van der Waals surface area contributed by atoms with Crippen molar-refractivity contribution in [1.82, 2.24) is 5.48 Å². The van der Waals surface area contributed by atoms with Gasteiger partial charge in [-0.25, -0.2) is 5.48 Å². The summed E-state index contributed by atoms with van der Waals surface area (Å²) in [5, 5.41) is 0. The number of hydrogen-bond acceptors (Lipinski definition) is 3. The summed E-state index contributed by atoms with van der Waals surface area (Å²) in [5.41, 5.74) is 8.06. The lowest BCUT2D eigenvalue weighted by Gasteiger charge is -2.11. The van der Waals surface area contributed by atoms with Crippen molar-refractivity contribution in [2.24, 2.45) is 17.6 Å². The Balaban J connectivity index is 2.19. The molecule has 0 heterocycles. The average Bonchev–Trinajstić information content (AvgIpc) is 2.51. The van der Waals surface area contributed by atoms with Crippen molar-refractivity contribution in [3.63, 3.8) is 0 Å². The monoisotopic (exact) mass is 198 g/mol. The van der Waals surface area contributed by atoms with E-state index in [4.69, 9.17) is 10.6 Å². The highest BCUT2D eigenvalue weighted by atomic mass is 16.6. The molecular weight excluding hydrogens is 180 g/mol. The summed E-state index contributed by atoms with van der Waals surface area (Å²) in [6.07, 6.45) is 4.36. The predicted molar refractivity (Wildman–Crippen MR) is 54.2 cm³/mol. The van der Waals surface area contributed by atoms with Gasteiger partial charge in [0, 0.05) is 6.04 Å². The second kappa shape index (κ2) is 5.12. The third-order valence-corrected chi connectivity index (χ3v) is 2.04. The lowest BCUT2D eigenvalue weighted by atomic mass is 10.1. The fourth-order valence-electron chi connectivity index (χ4n) is 1.28. The fraction of sp³-hybridized carbons (Fsp3) is 0.700. The first-order valence-electron chi connectivity index (χ1n) is 4.95. The van der Waals surface area contributed by atoms with Crippen molar-refractivity contribution in [2.75, 3.05) is 6.61 Å². The summed E-state index contributed by atoms with van der Waals surface area (Å²) >= 11 is 0. The van der Waals surface area contributed by atoms with Gasteiger partial charge in [0.05, 0.1) is 12.5 Å². The topological polar surface area (TPSA) is 64.3 Å². The molecule has 0 aromatic heterocycles. The summed E-state index contributed by atoms with van der Waals surface area (Å²) < 4.78 is 0. The quantitative estimate of drug-likeness (QED) is 0.513. The number of nitrogens with two attached hydrogens (primary N) is 1. The molecule has 0 saturated carbocycles. The lowest BCUT2D eigenvalue weighted by molar-refractivity contribution is -0.137. The van der Waals surface area contributed by atoms with Crippen molar-refractivity contribution in [1.29, 1.82) is 0 Å². The van der Waals surface area contributed by atoms with Crippen LogP contribution in [0.2, 0.25) is 0 Å². The summed E-state index contributed by atoms with van der Waals surface area (Å²) in [7, 11) is 0. The van der Waals surface area contributed by atoms with E-state index in [1.807, 2.05) is 26.0 Å². The smallest absolute Gasteiger partial charge is 0.250 e. The van der Waals surface area contributed by atoms with Gasteiger partial charge >= 0.3 is 0 Å². The Kier molecular flexibility index (Phi) is 4.10. The molecule has 2 atom stereocenters. The molecule has 14 heavy (non-hydrogen) atoms. The van der Waals surface area contributed by atoms with Gasteiger partial charge in [-0.15, -0.1) is 0 Å². The van der Waals surface area contributed by atoms with E-state index in [9.17, 15) is 4.79 Å². The normalized spacial score (nSPS) is 25.7. The van der Waals surface area contributed by atoms with Crippen LogP contribution < -0.4 is 11.2 Å². The molecule has 0 radical (unpaired) electrons. The van der Waals surface area contributed by atoms with Crippen LogP contribution in [-0.2, 0) is 9.63 Å². The first-order valence-corrected chi connectivity index (χ1v) is 4.95. The van der Waals surface area contributed by atoms with Crippen LogP contribution in [0.4, 0.5) is 0 Å². The molecule has 80 valence electrons. The van der Waals surface area contributed by atoms with Gasteiger partial charge in [0.25, 0.3) is 5.91 Å². The molecule has 2 unspecified atom stereocenters. The Bertz CT molecular complexity index is 226. The number of amides is 1. The predicted octanol–water partition coefficient (Wildman–Crippen LogP) is 0.594. The Morgan fingerprint density at radius 2 is 2.36 bits per heavy atom. The average molecular weight is 198 g/mol. The summed E-state index contributed by atoms with van der Waals surface area (Å²) in [4.78, 5) is 16.5. The van der Waals surface area contributed by atoms with Crippen LogP contribution in [0.15, 0.2) is 12.2 Å². The highest BCUT2D eigenvalue weighted by molar-refractivity contribution is 5.80. The highest BCUT2D eigenvalue weighted by Crippen LogP contribution is 2.16. The zero-order valence-electron chi connectivity index (χ0n) is 8.69. The van der Waals surface area contributed by atoms with E-state index < -0.39 is 0 Å². The molecule has 1 amide bonds. The van der Waals surface area contributed by atoms with E-state index in [2.05, 4.69) is 5.48 Å². The molecule has 1 aliphatic carbocycles. The van der Waals surface area contributed by atoms with Crippen molar-refractivity contribution in [3.8, 4) is 0 Å². The minimum atomic E-state index is -0.128. The van der Waals surface area contributed by atoms with Crippen LogP contribution in [0.5, 0.6) is 0 Å². The first kappa shape index (κ1) is 11.2. The second-order valence-corrected chi connectivity index (χ2v) is 4.06. The molecule has 1 aliphatic rings. The van der Waals surface area contributed by atoms with Crippen LogP contribution >= 0.6 is 0 Å². The minimum absolute atomic E-state index is 0.0100. The van der Waals surface area contributed by atoms with Gasteiger partial charge < -0.3 is 5.73 Å². The van der Waals surface area contributed by atoms with Gasteiger partial charge in [-0.3, -0.25) is 9.63 Å². The van der Waals surface area contributed by atoms with E-state index in [-0.39, 0.29) is 17.9 Å². The molecular formula is C10H18N2O2. The molecule has 0 aliphatic heterocycles. The number of nitrogens with one attached hydrogen (secondary N) is 1. The zero-order chi connectivity index (χ0) is 10.6. The van der Waals surface area contributed by atoms with E-state index in [1.54, 1.807) is 0 Å². The zero-order valence-corrected chi connectivity index (χ0v) is 8.69. The Morgan fingerprint density at radius 3 is 2.86 bits per heavy atom. The van der Waals surface area contributed by atoms with Gasteiger partial charge in [0.1, 0.15) is 0 Å². The van der Waals surface area contributed by atoms with Crippen LogP contribution in [0.3, 0.4) is 0 Å². The molecule has 1 rings (SSSR count). The summed E-state index contributed by atoms with van der Waals surface area (Å²) in [5.74, 6) is 0.184. The van der Waals surface area contributed by atoms with Gasteiger partial charge in [0.15, 0.2) is 0 Å². The van der Waals surface area contributed by atoms with E-state index in [0.717, 1.165) is 0 Å². The molecule has 0 spiro atoms. The third-order valence-electron chi connectivity index (χ3n) is 2.04.